The van der Waals surface area contributed by atoms with Crippen molar-refractivity contribution in [1.29, 1.82) is 0 Å². The van der Waals surface area contributed by atoms with E-state index in [0.717, 1.165) is 18.0 Å². The van der Waals surface area contributed by atoms with Crippen molar-refractivity contribution >= 4 is 23.5 Å². The van der Waals surface area contributed by atoms with Crippen molar-refractivity contribution in [2.24, 2.45) is 0 Å². The number of pyridine rings is 1. The number of aromatic nitrogens is 1. The number of hydrogen-bond donors (Lipinski definition) is 2. The molecular weight excluding hydrogens is 386 g/mol. The maximum absolute atomic E-state index is 12.5. The van der Waals surface area contributed by atoms with Crippen molar-refractivity contribution in [3.63, 3.8) is 0 Å². The van der Waals surface area contributed by atoms with E-state index in [1.807, 2.05) is 30.3 Å². The third kappa shape index (κ3) is 5.65. The van der Waals surface area contributed by atoms with Crippen LogP contribution in [-0.2, 0) is 16.1 Å². The van der Waals surface area contributed by atoms with Gasteiger partial charge in [0.15, 0.2) is 19.0 Å². The summed E-state index contributed by atoms with van der Waals surface area (Å²) >= 11 is 0. The average Bonchev–Trinajstić information content (AvgIpc) is 2.77. The van der Waals surface area contributed by atoms with Gasteiger partial charge in [0.2, 0.25) is 0 Å². The van der Waals surface area contributed by atoms with Gasteiger partial charge in [-0.25, -0.2) is 4.79 Å². The molecule has 0 unspecified atom stereocenters. The number of esters is 1. The van der Waals surface area contributed by atoms with Crippen molar-refractivity contribution < 1.29 is 23.9 Å². The van der Waals surface area contributed by atoms with Gasteiger partial charge in [0.1, 0.15) is 0 Å². The van der Waals surface area contributed by atoms with E-state index in [9.17, 15) is 19.6 Å². The first-order valence-electron chi connectivity index (χ1n) is 9.10. The summed E-state index contributed by atoms with van der Waals surface area (Å²) in [4.78, 5) is 36.6. The summed E-state index contributed by atoms with van der Waals surface area (Å²) in [5.74, 6) is -1.68. The number of hydrogen-bond acceptors (Lipinski definition) is 5. The van der Waals surface area contributed by atoms with Gasteiger partial charge in [-0.15, -0.1) is 0 Å². The Bertz CT molecular complexity index is 1040. The monoisotopic (exact) mass is 405 g/mol. The van der Waals surface area contributed by atoms with Gasteiger partial charge in [-0.1, -0.05) is 42.5 Å². The molecule has 8 heteroatoms. The van der Waals surface area contributed by atoms with E-state index in [0.29, 0.717) is 17.0 Å². The first-order valence-corrected chi connectivity index (χ1v) is 9.10. The van der Waals surface area contributed by atoms with Crippen molar-refractivity contribution in [2.75, 3.05) is 11.9 Å². The maximum atomic E-state index is 12.5. The van der Waals surface area contributed by atoms with Crippen LogP contribution < -0.4 is 15.4 Å². The standard InChI is InChI=1S/C22H19N3O5/c26-20(15-30-22(28)17-10-12-25(29)13-11-17)24-19-9-5-4-8-18(19)21(27)23-14-16-6-2-1-3-7-16/h1-13H,14-15H2,(H,23,27)(H,24,26). The summed E-state index contributed by atoms with van der Waals surface area (Å²) in [6.45, 7) is -0.189. The number of rotatable bonds is 7. The quantitative estimate of drug-likeness (QED) is 0.355. The lowest BCUT2D eigenvalue weighted by atomic mass is 10.1. The minimum Gasteiger partial charge on any atom is -0.619 e. The zero-order chi connectivity index (χ0) is 21.3. The van der Waals surface area contributed by atoms with Crippen LogP contribution in [0.5, 0.6) is 0 Å². The van der Waals surface area contributed by atoms with Crippen LogP contribution in [0.15, 0.2) is 79.1 Å². The molecule has 2 N–H and O–H groups in total. The number of nitrogens with zero attached hydrogens (tertiary/aromatic N) is 1. The molecule has 30 heavy (non-hydrogen) atoms. The zero-order valence-corrected chi connectivity index (χ0v) is 15.9. The third-order valence-electron chi connectivity index (χ3n) is 4.11. The molecular formula is C22H19N3O5. The van der Waals surface area contributed by atoms with Crippen LogP contribution in [0.4, 0.5) is 5.69 Å². The fourth-order valence-electron chi connectivity index (χ4n) is 2.61. The highest BCUT2D eigenvalue weighted by Crippen LogP contribution is 2.15. The molecule has 0 bridgehead atoms. The zero-order valence-electron chi connectivity index (χ0n) is 15.9. The highest BCUT2D eigenvalue weighted by atomic mass is 16.5. The Morgan fingerprint density at radius 1 is 0.900 bits per heavy atom. The fraction of sp³-hybridized carbons (Fsp3) is 0.0909. The lowest BCUT2D eigenvalue weighted by molar-refractivity contribution is -0.605. The second-order valence-corrected chi connectivity index (χ2v) is 6.28. The van der Waals surface area contributed by atoms with Crippen LogP contribution in [-0.4, -0.2) is 24.4 Å². The number of ether oxygens (including phenoxy) is 1. The first-order chi connectivity index (χ1) is 14.5. The van der Waals surface area contributed by atoms with E-state index in [1.165, 1.54) is 12.1 Å². The van der Waals surface area contributed by atoms with E-state index >= 15 is 0 Å². The van der Waals surface area contributed by atoms with Crippen molar-refractivity contribution in [2.45, 2.75) is 6.54 Å². The smallest absolute Gasteiger partial charge is 0.339 e. The molecule has 0 aliphatic heterocycles. The summed E-state index contributed by atoms with van der Waals surface area (Å²) in [6.07, 6.45) is 2.31. The molecule has 0 saturated heterocycles. The molecule has 1 aromatic heterocycles. The molecule has 0 atom stereocenters. The second kappa shape index (κ2) is 9.83. The van der Waals surface area contributed by atoms with Crippen LogP contribution in [0.25, 0.3) is 0 Å². The van der Waals surface area contributed by atoms with Crippen molar-refractivity contribution in [3.05, 3.63) is 101 Å². The Hall–Kier alpha value is -4.20. The Labute approximate surface area is 172 Å². The first kappa shape index (κ1) is 20.5. The normalized spacial score (nSPS) is 10.1. The Balaban J connectivity index is 1.57. The molecule has 3 rings (SSSR count). The van der Waals surface area contributed by atoms with E-state index in [4.69, 9.17) is 4.74 Å². The van der Waals surface area contributed by atoms with Crippen LogP contribution in [0.1, 0.15) is 26.3 Å². The van der Waals surface area contributed by atoms with E-state index in [-0.39, 0.29) is 17.0 Å². The second-order valence-electron chi connectivity index (χ2n) is 6.28. The van der Waals surface area contributed by atoms with Crippen molar-refractivity contribution in [3.8, 4) is 0 Å². The third-order valence-corrected chi connectivity index (χ3v) is 4.11. The predicted molar refractivity (Wildman–Crippen MR) is 108 cm³/mol. The topological polar surface area (TPSA) is 111 Å². The summed E-state index contributed by atoms with van der Waals surface area (Å²) in [5, 5.41) is 16.4. The van der Waals surface area contributed by atoms with Gasteiger partial charge in [0.05, 0.1) is 16.8 Å². The van der Waals surface area contributed by atoms with Crippen LogP contribution in [0.2, 0.25) is 0 Å². The highest BCUT2D eigenvalue weighted by Gasteiger charge is 2.15. The number of carbonyl (C=O) groups excluding carboxylic acids is 3. The van der Waals surface area contributed by atoms with Crippen LogP contribution in [0, 0.1) is 5.21 Å². The molecule has 8 nitrogen and oxygen atoms in total. The lowest BCUT2D eigenvalue weighted by Gasteiger charge is -2.12. The van der Waals surface area contributed by atoms with Gasteiger partial charge in [0, 0.05) is 18.7 Å². The molecule has 0 spiro atoms. The Morgan fingerprint density at radius 3 is 2.30 bits per heavy atom. The van der Waals surface area contributed by atoms with E-state index < -0.39 is 18.5 Å². The maximum Gasteiger partial charge on any atom is 0.339 e. The molecule has 3 aromatic rings. The van der Waals surface area contributed by atoms with Gasteiger partial charge in [0.25, 0.3) is 11.8 Å². The van der Waals surface area contributed by atoms with Crippen LogP contribution >= 0.6 is 0 Å². The van der Waals surface area contributed by atoms with E-state index in [2.05, 4.69) is 10.6 Å². The average molecular weight is 405 g/mol. The van der Waals surface area contributed by atoms with Crippen molar-refractivity contribution in [1.82, 2.24) is 5.32 Å². The fourth-order valence-corrected chi connectivity index (χ4v) is 2.61. The minimum absolute atomic E-state index is 0.149. The summed E-state index contributed by atoms with van der Waals surface area (Å²) in [6, 6.07) is 18.6. The lowest BCUT2D eigenvalue weighted by Crippen LogP contribution is -2.27. The highest BCUT2D eigenvalue weighted by molar-refractivity contribution is 6.04. The van der Waals surface area contributed by atoms with Gasteiger partial charge in [-0.05, 0) is 17.7 Å². The molecule has 0 fully saturated rings. The minimum atomic E-state index is -0.736. The number of para-hydroxylation sites is 1. The largest absolute Gasteiger partial charge is 0.619 e. The molecule has 0 aliphatic rings. The molecule has 0 saturated carbocycles. The van der Waals surface area contributed by atoms with Gasteiger partial charge >= 0.3 is 5.97 Å². The number of benzene rings is 2. The molecule has 2 amide bonds. The molecule has 1 heterocycles. The molecule has 0 radical (unpaired) electrons. The summed E-state index contributed by atoms with van der Waals surface area (Å²) < 4.78 is 5.48. The van der Waals surface area contributed by atoms with Crippen LogP contribution in [0.3, 0.4) is 0 Å². The number of nitrogens with one attached hydrogen (secondary N) is 2. The van der Waals surface area contributed by atoms with Gasteiger partial charge in [-0.3, -0.25) is 9.59 Å². The molecule has 0 aliphatic carbocycles. The summed E-state index contributed by atoms with van der Waals surface area (Å²) in [7, 11) is 0. The number of anilines is 1. The molecule has 2 aromatic carbocycles. The summed E-state index contributed by atoms with van der Waals surface area (Å²) in [5.41, 5.74) is 1.69. The predicted octanol–water partition coefficient (Wildman–Crippen LogP) is 2.05. The van der Waals surface area contributed by atoms with E-state index in [1.54, 1.807) is 24.3 Å². The van der Waals surface area contributed by atoms with Gasteiger partial charge in [-0.2, -0.15) is 4.73 Å². The SMILES string of the molecule is O=C(COC(=O)c1cc[n+]([O-])cc1)Nc1ccccc1C(=O)NCc1ccccc1. The number of amides is 2. The Morgan fingerprint density at radius 2 is 1.57 bits per heavy atom. The van der Waals surface area contributed by atoms with Gasteiger partial charge < -0.3 is 20.6 Å². The number of carbonyl (C=O) groups is 3. The molecule has 152 valence electrons. The Kier molecular flexibility index (Phi) is 6.73.